The molecule has 0 aromatic carbocycles. The van der Waals surface area contributed by atoms with Crippen molar-refractivity contribution in [2.75, 3.05) is 23.1 Å². The zero-order valence-corrected chi connectivity index (χ0v) is 10.5. The van der Waals surface area contributed by atoms with Gasteiger partial charge in [-0.25, -0.2) is 9.97 Å². The van der Waals surface area contributed by atoms with Crippen LogP contribution in [0.3, 0.4) is 0 Å². The van der Waals surface area contributed by atoms with E-state index in [4.69, 9.17) is 5.73 Å². The number of hydrogen-bond acceptors (Lipinski definition) is 5. The summed E-state index contributed by atoms with van der Waals surface area (Å²) in [5, 5.41) is 3.25. The van der Waals surface area contributed by atoms with E-state index in [-0.39, 0.29) is 0 Å². The molecule has 0 saturated heterocycles. The number of aromatic nitrogens is 2. The van der Waals surface area contributed by atoms with Crippen LogP contribution in [-0.4, -0.2) is 28.0 Å². The van der Waals surface area contributed by atoms with E-state index >= 15 is 0 Å². The maximum absolute atomic E-state index is 5.63. The fourth-order valence-electron chi connectivity index (χ4n) is 1.01. The lowest BCUT2D eigenvalue weighted by atomic mass is 10.4. The van der Waals surface area contributed by atoms with Crippen molar-refractivity contribution < 1.29 is 0 Å². The van der Waals surface area contributed by atoms with E-state index in [1.54, 1.807) is 11.8 Å². The summed E-state index contributed by atoms with van der Waals surface area (Å²) in [6, 6.07) is 0.357. The first kappa shape index (κ1) is 11.6. The minimum absolute atomic E-state index is 0.357. The van der Waals surface area contributed by atoms with Crippen LogP contribution in [0.4, 0.5) is 11.6 Å². The summed E-state index contributed by atoms with van der Waals surface area (Å²) in [6.07, 6.45) is 3.52. The molecule has 0 radical (unpaired) electrons. The molecule has 0 amide bonds. The average Bonchev–Trinajstić information content (AvgIpc) is 2.13. The van der Waals surface area contributed by atoms with Crippen LogP contribution in [0.5, 0.6) is 0 Å². The van der Waals surface area contributed by atoms with Gasteiger partial charge in [-0.1, -0.05) is 0 Å². The topological polar surface area (TPSA) is 63.8 Å². The lowest BCUT2D eigenvalue weighted by molar-refractivity contribution is 0.898. The number of rotatable bonds is 4. The number of nitrogen functional groups attached to an aromatic ring is 1. The molecule has 78 valence electrons. The molecule has 0 fully saturated rings. The fourth-order valence-corrected chi connectivity index (χ4v) is 1.91. The number of nitrogens with zero attached hydrogens (tertiary/aromatic N) is 2. The van der Waals surface area contributed by atoms with Gasteiger partial charge in [0.2, 0.25) is 0 Å². The van der Waals surface area contributed by atoms with Gasteiger partial charge in [0.1, 0.15) is 22.4 Å². The maximum Gasteiger partial charge on any atom is 0.146 e. The summed E-state index contributed by atoms with van der Waals surface area (Å²) < 4.78 is 0.730. The first-order valence-corrected chi connectivity index (χ1v) is 6.35. The van der Waals surface area contributed by atoms with Crippen LogP contribution in [-0.2, 0) is 0 Å². The van der Waals surface area contributed by atoms with Crippen LogP contribution in [0.2, 0.25) is 0 Å². The van der Waals surface area contributed by atoms with Gasteiger partial charge in [0, 0.05) is 11.8 Å². The summed E-state index contributed by atoms with van der Waals surface area (Å²) in [6.45, 7) is 2.10. The molecule has 0 aliphatic rings. The van der Waals surface area contributed by atoms with Crippen molar-refractivity contribution in [2.45, 2.75) is 13.0 Å². The van der Waals surface area contributed by atoms with E-state index < -0.39 is 0 Å². The van der Waals surface area contributed by atoms with Crippen LogP contribution in [0, 0.1) is 0 Å². The molecule has 0 saturated carbocycles. The Bertz CT molecular complexity index is 307. The number of nitrogens with one attached hydrogen (secondary N) is 1. The molecule has 14 heavy (non-hydrogen) atoms. The molecule has 1 heterocycles. The van der Waals surface area contributed by atoms with Crippen molar-refractivity contribution in [3.63, 3.8) is 0 Å². The van der Waals surface area contributed by atoms with Crippen molar-refractivity contribution in [3.05, 3.63) is 10.8 Å². The SMILES string of the molecule is CSCC(C)Nc1ncnc(N)c1Br. The molecule has 0 aliphatic heterocycles. The van der Waals surface area contributed by atoms with Gasteiger partial charge < -0.3 is 11.1 Å². The molecular weight excluding hydrogens is 264 g/mol. The summed E-state index contributed by atoms with van der Waals surface area (Å²) in [7, 11) is 0. The minimum Gasteiger partial charge on any atom is -0.383 e. The second-order valence-corrected chi connectivity index (χ2v) is 4.63. The normalized spacial score (nSPS) is 12.5. The quantitative estimate of drug-likeness (QED) is 0.881. The van der Waals surface area contributed by atoms with E-state index in [9.17, 15) is 0 Å². The predicted octanol–water partition coefficient (Wildman–Crippen LogP) is 1.98. The number of nitrogens with two attached hydrogens (primary N) is 1. The summed E-state index contributed by atoms with van der Waals surface area (Å²) >= 11 is 5.13. The van der Waals surface area contributed by atoms with Crippen LogP contribution < -0.4 is 11.1 Å². The van der Waals surface area contributed by atoms with Crippen molar-refractivity contribution in [1.82, 2.24) is 9.97 Å². The van der Waals surface area contributed by atoms with Gasteiger partial charge in [-0.3, -0.25) is 0 Å². The average molecular weight is 277 g/mol. The zero-order valence-electron chi connectivity index (χ0n) is 8.12. The van der Waals surface area contributed by atoms with Crippen molar-refractivity contribution in [2.24, 2.45) is 0 Å². The first-order chi connectivity index (χ1) is 6.65. The standard InChI is InChI=1S/C8H13BrN4S/c1-5(3-14-2)13-8-6(9)7(10)11-4-12-8/h4-5H,3H2,1-2H3,(H3,10,11,12,13). The molecule has 1 aromatic heterocycles. The third kappa shape index (κ3) is 3.02. The summed E-state index contributed by atoms with van der Waals surface area (Å²) in [5.41, 5.74) is 5.63. The minimum atomic E-state index is 0.357. The van der Waals surface area contributed by atoms with E-state index in [0.29, 0.717) is 11.9 Å². The molecule has 0 spiro atoms. The predicted molar refractivity (Wildman–Crippen MR) is 65.6 cm³/mol. The van der Waals surface area contributed by atoms with Crippen LogP contribution >= 0.6 is 27.7 Å². The van der Waals surface area contributed by atoms with Gasteiger partial charge in [-0.2, -0.15) is 11.8 Å². The Morgan fingerprint density at radius 1 is 1.64 bits per heavy atom. The molecule has 1 rings (SSSR count). The highest BCUT2D eigenvalue weighted by Gasteiger charge is 2.08. The van der Waals surface area contributed by atoms with Crippen LogP contribution in [0.15, 0.2) is 10.8 Å². The first-order valence-electron chi connectivity index (χ1n) is 4.16. The molecule has 1 unspecified atom stereocenters. The van der Waals surface area contributed by atoms with Crippen molar-refractivity contribution in [1.29, 1.82) is 0 Å². The van der Waals surface area contributed by atoms with E-state index in [1.165, 1.54) is 6.33 Å². The molecule has 1 atom stereocenters. The van der Waals surface area contributed by atoms with Crippen LogP contribution in [0.25, 0.3) is 0 Å². The smallest absolute Gasteiger partial charge is 0.146 e. The van der Waals surface area contributed by atoms with Gasteiger partial charge in [0.05, 0.1) is 0 Å². The Kier molecular flexibility index (Phi) is 4.47. The largest absolute Gasteiger partial charge is 0.383 e. The van der Waals surface area contributed by atoms with Crippen LogP contribution in [0.1, 0.15) is 6.92 Å². The number of halogens is 1. The third-order valence-electron chi connectivity index (χ3n) is 1.62. The number of anilines is 2. The summed E-state index contributed by atoms with van der Waals surface area (Å²) in [5.74, 6) is 2.23. The highest BCUT2D eigenvalue weighted by molar-refractivity contribution is 9.10. The number of thioether (sulfide) groups is 1. The highest BCUT2D eigenvalue weighted by Crippen LogP contribution is 2.24. The van der Waals surface area contributed by atoms with Gasteiger partial charge in [-0.05, 0) is 29.1 Å². The Balaban J connectivity index is 2.71. The monoisotopic (exact) mass is 276 g/mol. The highest BCUT2D eigenvalue weighted by atomic mass is 79.9. The Morgan fingerprint density at radius 2 is 2.36 bits per heavy atom. The zero-order chi connectivity index (χ0) is 10.6. The van der Waals surface area contributed by atoms with E-state index in [1.807, 2.05) is 0 Å². The summed E-state index contributed by atoms with van der Waals surface area (Å²) in [4.78, 5) is 7.97. The second kappa shape index (κ2) is 5.41. The third-order valence-corrected chi connectivity index (χ3v) is 3.23. The lowest BCUT2D eigenvalue weighted by Crippen LogP contribution is -2.19. The Hall–Kier alpha value is -0.490. The molecule has 3 N–H and O–H groups in total. The van der Waals surface area contributed by atoms with Crippen molar-refractivity contribution in [3.8, 4) is 0 Å². The molecule has 1 aromatic rings. The molecular formula is C8H13BrN4S. The second-order valence-electron chi connectivity index (χ2n) is 2.92. The van der Waals surface area contributed by atoms with E-state index in [2.05, 4.69) is 44.4 Å². The molecule has 0 aliphatic carbocycles. The van der Waals surface area contributed by atoms with Gasteiger partial charge in [0.15, 0.2) is 0 Å². The fraction of sp³-hybridized carbons (Fsp3) is 0.500. The van der Waals surface area contributed by atoms with Gasteiger partial charge >= 0.3 is 0 Å². The van der Waals surface area contributed by atoms with Gasteiger partial charge in [0.25, 0.3) is 0 Å². The Labute approximate surface area is 96.2 Å². The number of hydrogen-bond donors (Lipinski definition) is 2. The van der Waals surface area contributed by atoms with E-state index in [0.717, 1.165) is 16.0 Å². The van der Waals surface area contributed by atoms with Gasteiger partial charge in [-0.15, -0.1) is 0 Å². The Morgan fingerprint density at radius 3 is 3.00 bits per heavy atom. The maximum atomic E-state index is 5.63. The lowest BCUT2D eigenvalue weighted by Gasteiger charge is -2.14. The molecule has 6 heteroatoms. The molecule has 0 bridgehead atoms. The molecule has 4 nitrogen and oxygen atoms in total. The van der Waals surface area contributed by atoms with Crippen molar-refractivity contribution >= 4 is 39.3 Å².